The summed E-state index contributed by atoms with van der Waals surface area (Å²) in [5.41, 5.74) is 9.61. The van der Waals surface area contributed by atoms with Crippen LogP contribution in [-0.4, -0.2) is 19.0 Å². The van der Waals surface area contributed by atoms with Crippen LogP contribution in [-0.2, 0) is 0 Å². The zero-order valence-electron chi connectivity index (χ0n) is 14.2. The van der Waals surface area contributed by atoms with Gasteiger partial charge in [0.2, 0.25) is 0 Å². The monoisotopic (exact) mass is 350 g/mol. The van der Waals surface area contributed by atoms with Gasteiger partial charge in [0.15, 0.2) is 0 Å². The number of benzene rings is 2. The van der Waals surface area contributed by atoms with Gasteiger partial charge in [0.25, 0.3) is 5.91 Å². The van der Waals surface area contributed by atoms with Crippen LogP contribution in [0.25, 0.3) is 11.1 Å². The average Bonchev–Trinajstić information content (AvgIpc) is 2.54. The third-order valence-corrected chi connectivity index (χ3v) is 4.07. The summed E-state index contributed by atoms with van der Waals surface area (Å²) in [6, 6.07) is 10.7. The number of amides is 1. The number of hydrogen-bond acceptors (Lipinski definition) is 2. The van der Waals surface area contributed by atoms with E-state index in [0.717, 1.165) is 16.7 Å². The fourth-order valence-corrected chi connectivity index (χ4v) is 2.25. The predicted molar refractivity (Wildman–Crippen MR) is 99.1 cm³/mol. The lowest BCUT2D eigenvalue weighted by Gasteiger charge is -2.11. The van der Waals surface area contributed by atoms with Crippen molar-refractivity contribution in [2.24, 2.45) is 11.7 Å². The first kappa shape index (κ1) is 20.1. The van der Waals surface area contributed by atoms with E-state index < -0.39 is 11.7 Å². The molecule has 2 aromatic carbocycles. The van der Waals surface area contributed by atoms with Crippen molar-refractivity contribution in [1.29, 1.82) is 0 Å². The van der Waals surface area contributed by atoms with Gasteiger partial charge in [-0.2, -0.15) is 0 Å². The maximum absolute atomic E-state index is 14.3. The van der Waals surface area contributed by atoms with Crippen LogP contribution < -0.4 is 11.1 Å². The van der Waals surface area contributed by atoms with Crippen LogP contribution in [0.15, 0.2) is 36.4 Å². The van der Waals surface area contributed by atoms with Crippen molar-refractivity contribution in [2.75, 3.05) is 13.1 Å². The van der Waals surface area contributed by atoms with Gasteiger partial charge in [-0.25, -0.2) is 4.39 Å². The van der Waals surface area contributed by atoms with Gasteiger partial charge in [-0.1, -0.05) is 31.2 Å². The first-order valence-electron chi connectivity index (χ1n) is 7.77. The molecule has 1 amide bonds. The van der Waals surface area contributed by atoms with E-state index in [1.807, 2.05) is 39.0 Å². The van der Waals surface area contributed by atoms with Gasteiger partial charge in [0.05, 0.1) is 5.56 Å². The molecule has 0 saturated carbocycles. The van der Waals surface area contributed by atoms with E-state index in [-0.39, 0.29) is 23.9 Å². The van der Waals surface area contributed by atoms with Gasteiger partial charge in [-0.3, -0.25) is 4.79 Å². The van der Waals surface area contributed by atoms with Crippen molar-refractivity contribution in [3.63, 3.8) is 0 Å². The molecule has 2 aromatic rings. The van der Waals surface area contributed by atoms with E-state index in [0.29, 0.717) is 13.1 Å². The molecule has 1 atom stereocenters. The van der Waals surface area contributed by atoms with Crippen molar-refractivity contribution >= 4 is 18.3 Å². The summed E-state index contributed by atoms with van der Waals surface area (Å²) in [6.45, 7) is 6.91. The zero-order chi connectivity index (χ0) is 17.0. The number of aryl methyl sites for hydroxylation is 2. The smallest absolute Gasteiger partial charge is 0.254 e. The normalized spacial score (nSPS) is 11.5. The second kappa shape index (κ2) is 8.81. The molecular formula is C19H24ClFN2O. The minimum atomic E-state index is -0.515. The zero-order valence-corrected chi connectivity index (χ0v) is 15.0. The molecule has 0 aliphatic carbocycles. The quantitative estimate of drug-likeness (QED) is 0.860. The highest BCUT2D eigenvalue weighted by Crippen LogP contribution is 2.24. The van der Waals surface area contributed by atoms with Crippen molar-refractivity contribution in [2.45, 2.75) is 20.8 Å². The molecular weight excluding hydrogens is 327 g/mol. The summed E-state index contributed by atoms with van der Waals surface area (Å²) in [7, 11) is 0. The van der Waals surface area contributed by atoms with Gasteiger partial charge in [-0.15, -0.1) is 12.4 Å². The second-order valence-electron chi connectivity index (χ2n) is 6.04. The van der Waals surface area contributed by atoms with Crippen LogP contribution in [0, 0.1) is 25.6 Å². The maximum Gasteiger partial charge on any atom is 0.254 e. The van der Waals surface area contributed by atoms with E-state index in [1.54, 1.807) is 6.07 Å². The highest BCUT2D eigenvalue weighted by atomic mass is 35.5. The standard InChI is InChI=1S/C19H23FN2O.ClH/c1-12(10-21)11-22-19(23)17-7-6-16(9-18(17)20)15-5-4-13(2)14(3)8-15;/h4-9,12H,10-11,21H2,1-3H3,(H,22,23);1H. The second-order valence-corrected chi connectivity index (χ2v) is 6.04. The Balaban J connectivity index is 0.00000288. The third kappa shape index (κ3) is 4.79. The first-order chi connectivity index (χ1) is 10.9. The van der Waals surface area contributed by atoms with Gasteiger partial charge in [0.1, 0.15) is 5.82 Å². The molecule has 0 spiro atoms. The number of halogens is 2. The molecule has 0 saturated heterocycles. The summed E-state index contributed by atoms with van der Waals surface area (Å²) in [5, 5.41) is 2.71. The van der Waals surface area contributed by atoms with Gasteiger partial charge in [0, 0.05) is 6.54 Å². The van der Waals surface area contributed by atoms with E-state index >= 15 is 0 Å². The minimum Gasteiger partial charge on any atom is -0.352 e. The number of rotatable bonds is 5. The molecule has 0 aliphatic rings. The minimum absolute atomic E-state index is 0. The molecule has 24 heavy (non-hydrogen) atoms. The Morgan fingerprint density at radius 3 is 2.33 bits per heavy atom. The molecule has 0 radical (unpaired) electrons. The summed E-state index contributed by atoms with van der Waals surface area (Å²) in [5.74, 6) is -0.759. The fourth-order valence-electron chi connectivity index (χ4n) is 2.25. The van der Waals surface area contributed by atoms with Crippen LogP contribution in [0.2, 0.25) is 0 Å². The average molecular weight is 351 g/mol. The fraction of sp³-hybridized carbons (Fsp3) is 0.316. The van der Waals surface area contributed by atoms with Gasteiger partial charge >= 0.3 is 0 Å². The molecule has 0 bridgehead atoms. The van der Waals surface area contributed by atoms with E-state index in [4.69, 9.17) is 5.73 Å². The maximum atomic E-state index is 14.3. The SMILES string of the molecule is Cc1ccc(-c2ccc(C(=O)NCC(C)CN)c(F)c2)cc1C.Cl. The number of nitrogens with two attached hydrogens (primary N) is 1. The largest absolute Gasteiger partial charge is 0.352 e. The lowest BCUT2D eigenvalue weighted by atomic mass is 9.99. The van der Waals surface area contributed by atoms with Gasteiger partial charge < -0.3 is 11.1 Å². The molecule has 0 heterocycles. The van der Waals surface area contributed by atoms with Crippen LogP contribution in [0.4, 0.5) is 4.39 Å². The van der Waals surface area contributed by atoms with Gasteiger partial charge in [-0.05, 0) is 60.7 Å². The summed E-state index contributed by atoms with van der Waals surface area (Å²) < 4.78 is 14.3. The third-order valence-electron chi connectivity index (χ3n) is 4.07. The molecule has 5 heteroatoms. The molecule has 3 N–H and O–H groups in total. The predicted octanol–water partition coefficient (Wildman–Crippen LogP) is 3.86. The molecule has 3 nitrogen and oxygen atoms in total. The summed E-state index contributed by atoms with van der Waals surface area (Å²) in [4.78, 5) is 12.0. The number of hydrogen-bond donors (Lipinski definition) is 2. The summed E-state index contributed by atoms with van der Waals surface area (Å²) >= 11 is 0. The highest BCUT2D eigenvalue weighted by molar-refractivity contribution is 5.95. The Morgan fingerprint density at radius 2 is 1.75 bits per heavy atom. The number of carbonyl (C=O) groups is 1. The Morgan fingerprint density at radius 1 is 1.12 bits per heavy atom. The summed E-state index contributed by atoms with van der Waals surface area (Å²) in [6.07, 6.45) is 0. The van der Waals surface area contributed by atoms with E-state index in [1.165, 1.54) is 17.7 Å². The number of carbonyl (C=O) groups excluding carboxylic acids is 1. The molecule has 2 rings (SSSR count). The Hall–Kier alpha value is -1.91. The lowest BCUT2D eigenvalue weighted by molar-refractivity contribution is 0.0944. The first-order valence-corrected chi connectivity index (χ1v) is 7.77. The van der Waals surface area contributed by atoms with Crippen molar-refractivity contribution < 1.29 is 9.18 Å². The van der Waals surface area contributed by atoms with Crippen molar-refractivity contribution in [1.82, 2.24) is 5.32 Å². The van der Waals surface area contributed by atoms with Crippen LogP contribution in [0.3, 0.4) is 0 Å². The van der Waals surface area contributed by atoms with Crippen LogP contribution in [0.5, 0.6) is 0 Å². The highest BCUT2D eigenvalue weighted by Gasteiger charge is 2.13. The van der Waals surface area contributed by atoms with Crippen LogP contribution >= 0.6 is 12.4 Å². The molecule has 0 aromatic heterocycles. The molecule has 0 fully saturated rings. The Kier molecular flexibility index (Phi) is 7.39. The molecule has 130 valence electrons. The van der Waals surface area contributed by atoms with Crippen molar-refractivity contribution in [3.8, 4) is 11.1 Å². The Bertz CT molecular complexity index is 719. The van der Waals surface area contributed by atoms with Crippen molar-refractivity contribution in [3.05, 3.63) is 58.9 Å². The van der Waals surface area contributed by atoms with E-state index in [9.17, 15) is 9.18 Å². The van der Waals surface area contributed by atoms with Crippen LogP contribution in [0.1, 0.15) is 28.4 Å². The molecule has 0 aliphatic heterocycles. The van der Waals surface area contributed by atoms with E-state index in [2.05, 4.69) is 5.32 Å². The molecule has 1 unspecified atom stereocenters. The number of nitrogens with one attached hydrogen (secondary N) is 1. The topological polar surface area (TPSA) is 55.1 Å². The Labute approximate surface area is 148 Å². The lowest BCUT2D eigenvalue weighted by Crippen LogP contribution is -2.31.